The van der Waals surface area contributed by atoms with Crippen LogP contribution in [0.15, 0.2) is 16.9 Å². The Kier molecular flexibility index (Phi) is 2.24. The summed E-state index contributed by atoms with van der Waals surface area (Å²) in [5, 5.41) is 4.18. The fourth-order valence-corrected chi connectivity index (χ4v) is 2.22. The van der Waals surface area contributed by atoms with E-state index < -0.39 is 0 Å². The normalized spacial score (nSPS) is 20.4. The predicted octanol–water partition coefficient (Wildman–Crippen LogP) is 2.11. The van der Waals surface area contributed by atoms with E-state index in [9.17, 15) is 4.79 Å². The molecule has 1 aliphatic carbocycles. The van der Waals surface area contributed by atoms with Gasteiger partial charge < -0.3 is 4.79 Å². The van der Waals surface area contributed by atoms with Crippen LogP contribution in [0.25, 0.3) is 0 Å². The Morgan fingerprint density at radius 2 is 2.23 bits per heavy atom. The lowest BCUT2D eigenvalue weighted by atomic mass is 10.0. The summed E-state index contributed by atoms with van der Waals surface area (Å²) in [7, 11) is 0. The lowest BCUT2D eigenvalue weighted by molar-refractivity contribution is -0.115. The molecule has 1 aliphatic rings. The van der Waals surface area contributed by atoms with E-state index in [1.807, 2.05) is 6.20 Å². The zero-order valence-corrected chi connectivity index (χ0v) is 8.83. The number of carbonyl (C=O) groups excluding carboxylic acids is 1. The van der Waals surface area contributed by atoms with Crippen LogP contribution in [0.2, 0.25) is 0 Å². The van der Waals surface area contributed by atoms with E-state index in [1.165, 1.54) is 0 Å². The fourth-order valence-electron chi connectivity index (χ4n) is 1.93. The third-order valence-corrected chi connectivity index (χ3v) is 3.11. The number of nitrogens with zero attached hydrogens (tertiary/aromatic N) is 2. The molecule has 0 N–H and O–H groups in total. The van der Waals surface area contributed by atoms with E-state index >= 15 is 0 Å². The molecule has 3 nitrogen and oxygen atoms in total. The molecular weight excluding hydrogens is 232 g/mol. The summed E-state index contributed by atoms with van der Waals surface area (Å²) in [6.07, 6.45) is 8.73. The van der Waals surface area contributed by atoms with Gasteiger partial charge in [0.1, 0.15) is 11.8 Å². The standard InChI is InChI=1S/C9H11BrN2O/c10-8-5-11-12(6-8)9(7-13)3-1-2-4-9/h5-7H,1-4H2. The molecule has 4 heteroatoms. The molecule has 1 fully saturated rings. The van der Waals surface area contributed by atoms with Crippen molar-refractivity contribution in [2.24, 2.45) is 0 Å². The summed E-state index contributed by atoms with van der Waals surface area (Å²) in [6.45, 7) is 0. The van der Waals surface area contributed by atoms with Gasteiger partial charge in [0.25, 0.3) is 0 Å². The number of rotatable bonds is 2. The van der Waals surface area contributed by atoms with Gasteiger partial charge in [-0.05, 0) is 28.8 Å². The Bertz CT molecular complexity index is 315. The second-order valence-electron chi connectivity index (χ2n) is 3.53. The summed E-state index contributed by atoms with van der Waals surface area (Å²) >= 11 is 3.33. The SMILES string of the molecule is O=CC1(n2cc(Br)cn2)CCCC1. The van der Waals surface area contributed by atoms with Crippen molar-refractivity contribution in [3.05, 3.63) is 16.9 Å². The highest BCUT2D eigenvalue weighted by molar-refractivity contribution is 9.10. The van der Waals surface area contributed by atoms with Crippen LogP contribution in [0.4, 0.5) is 0 Å². The molecule has 0 atom stereocenters. The van der Waals surface area contributed by atoms with Crippen molar-refractivity contribution < 1.29 is 4.79 Å². The number of halogens is 1. The zero-order chi connectivity index (χ0) is 9.31. The lowest BCUT2D eigenvalue weighted by Crippen LogP contribution is -2.32. The van der Waals surface area contributed by atoms with Crippen molar-refractivity contribution in [1.29, 1.82) is 0 Å². The van der Waals surface area contributed by atoms with Crippen LogP contribution in [0.3, 0.4) is 0 Å². The Morgan fingerprint density at radius 1 is 1.54 bits per heavy atom. The first kappa shape index (κ1) is 8.94. The molecule has 0 aliphatic heterocycles. The van der Waals surface area contributed by atoms with Crippen LogP contribution in [0, 0.1) is 0 Å². The maximum Gasteiger partial charge on any atom is 0.147 e. The number of hydrogen-bond acceptors (Lipinski definition) is 2. The molecule has 70 valence electrons. The Balaban J connectivity index is 2.35. The third kappa shape index (κ3) is 1.43. The van der Waals surface area contributed by atoms with Crippen molar-refractivity contribution in [1.82, 2.24) is 9.78 Å². The molecule has 0 aromatic carbocycles. The van der Waals surface area contributed by atoms with Gasteiger partial charge in [-0.1, -0.05) is 12.8 Å². The van der Waals surface area contributed by atoms with Crippen molar-refractivity contribution >= 4 is 22.2 Å². The van der Waals surface area contributed by atoms with Crippen molar-refractivity contribution in [2.75, 3.05) is 0 Å². The van der Waals surface area contributed by atoms with E-state index in [2.05, 4.69) is 21.0 Å². The molecule has 0 saturated heterocycles. The highest BCUT2D eigenvalue weighted by Crippen LogP contribution is 2.34. The summed E-state index contributed by atoms with van der Waals surface area (Å²) in [6, 6.07) is 0. The maximum absolute atomic E-state index is 11.1. The third-order valence-electron chi connectivity index (χ3n) is 2.70. The number of carbonyl (C=O) groups is 1. The molecule has 1 aromatic heterocycles. The topological polar surface area (TPSA) is 34.9 Å². The van der Waals surface area contributed by atoms with Crippen LogP contribution in [-0.4, -0.2) is 16.1 Å². The average molecular weight is 243 g/mol. The largest absolute Gasteiger partial charge is 0.301 e. The minimum absolute atomic E-state index is 0.355. The maximum atomic E-state index is 11.1. The van der Waals surface area contributed by atoms with E-state index in [-0.39, 0.29) is 5.54 Å². The van der Waals surface area contributed by atoms with Crippen LogP contribution in [0.5, 0.6) is 0 Å². The number of hydrogen-bond donors (Lipinski definition) is 0. The van der Waals surface area contributed by atoms with Crippen LogP contribution >= 0.6 is 15.9 Å². The summed E-state index contributed by atoms with van der Waals surface area (Å²) < 4.78 is 2.72. The minimum atomic E-state index is -0.355. The molecule has 1 aromatic rings. The van der Waals surface area contributed by atoms with Crippen molar-refractivity contribution in [2.45, 2.75) is 31.2 Å². The van der Waals surface area contributed by atoms with Gasteiger partial charge in [0.2, 0.25) is 0 Å². The molecule has 0 amide bonds. The van der Waals surface area contributed by atoms with Gasteiger partial charge in [-0.3, -0.25) is 4.68 Å². The first-order chi connectivity index (χ1) is 6.27. The molecule has 0 radical (unpaired) electrons. The molecule has 2 rings (SSSR count). The van der Waals surface area contributed by atoms with Gasteiger partial charge in [-0.25, -0.2) is 0 Å². The zero-order valence-electron chi connectivity index (χ0n) is 7.24. The number of aldehydes is 1. The van der Waals surface area contributed by atoms with E-state index in [0.717, 1.165) is 36.4 Å². The van der Waals surface area contributed by atoms with Crippen LogP contribution < -0.4 is 0 Å². The van der Waals surface area contributed by atoms with E-state index in [4.69, 9.17) is 0 Å². The van der Waals surface area contributed by atoms with Gasteiger partial charge >= 0.3 is 0 Å². The summed E-state index contributed by atoms with van der Waals surface area (Å²) in [5.74, 6) is 0. The van der Waals surface area contributed by atoms with Gasteiger partial charge in [-0.15, -0.1) is 0 Å². The summed E-state index contributed by atoms with van der Waals surface area (Å²) in [5.41, 5.74) is -0.355. The van der Waals surface area contributed by atoms with Crippen molar-refractivity contribution in [3.8, 4) is 0 Å². The Morgan fingerprint density at radius 3 is 2.69 bits per heavy atom. The molecule has 1 saturated carbocycles. The highest BCUT2D eigenvalue weighted by Gasteiger charge is 2.36. The molecular formula is C9H11BrN2O. The number of aromatic nitrogens is 2. The second kappa shape index (κ2) is 3.25. The highest BCUT2D eigenvalue weighted by atomic mass is 79.9. The van der Waals surface area contributed by atoms with Gasteiger partial charge in [0.15, 0.2) is 0 Å². The van der Waals surface area contributed by atoms with Gasteiger partial charge in [-0.2, -0.15) is 5.10 Å². The average Bonchev–Trinajstić information content (AvgIpc) is 2.73. The fraction of sp³-hybridized carbons (Fsp3) is 0.556. The molecule has 0 unspecified atom stereocenters. The minimum Gasteiger partial charge on any atom is -0.301 e. The molecule has 13 heavy (non-hydrogen) atoms. The van der Waals surface area contributed by atoms with Crippen molar-refractivity contribution in [3.63, 3.8) is 0 Å². The molecule has 1 heterocycles. The molecule has 0 spiro atoms. The smallest absolute Gasteiger partial charge is 0.147 e. The van der Waals surface area contributed by atoms with Gasteiger partial charge in [0, 0.05) is 6.20 Å². The Labute approximate surface area is 85.3 Å². The van der Waals surface area contributed by atoms with Crippen LogP contribution in [-0.2, 0) is 10.3 Å². The Hall–Kier alpha value is -0.640. The molecule has 0 bridgehead atoms. The first-order valence-corrected chi connectivity index (χ1v) is 5.23. The predicted molar refractivity (Wildman–Crippen MR) is 52.4 cm³/mol. The van der Waals surface area contributed by atoms with Gasteiger partial charge in [0.05, 0.1) is 10.7 Å². The van der Waals surface area contributed by atoms with E-state index in [1.54, 1.807) is 10.9 Å². The monoisotopic (exact) mass is 242 g/mol. The summed E-state index contributed by atoms with van der Waals surface area (Å²) in [4.78, 5) is 11.1. The second-order valence-corrected chi connectivity index (χ2v) is 4.45. The first-order valence-electron chi connectivity index (χ1n) is 4.44. The van der Waals surface area contributed by atoms with E-state index in [0.29, 0.717) is 0 Å². The quantitative estimate of drug-likeness (QED) is 0.745. The lowest BCUT2D eigenvalue weighted by Gasteiger charge is -2.21. The van der Waals surface area contributed by atoms with Crippen LogP contribution in [0.1, 0.15) is 25.7 Å².